The predicted octanol–water partition coefficient (Wildman–Crippen LogP) is 2.79. The van der Waals surface area contributed by atoms with Crippen LogP contribution in [0.4, 0.5) is 4.79 Å². The highest BCUT2D eigenvalue weighted by Crippen LogP contribution is 2.31. The van der Waals surface area contributed by atoms with Crippen molar-refractivity contribution in [3.05, 3.63) is 22.4 Å². The highest BCUT2D eigenvalue weighted by molar-refractivity contribution is 7.10. The molecule has 0 aliphatic carbocycles. The second-order valence-electron chi connectivity index (χ2n) is 5.65. The molecule has 1 aromatic rings. The van der Waals surface area contributed by atoms with E-state index in [1.807, 2.05) is 31.4 Å². The predicted molar refractivity (Wildman–Crippen MR) is 82.2 cm³/mol. The first-order valence-corrected chi connectivity index (χ1v) is 8.05. The van der Waals surface area contributed by atoms with Crippen LogP contribution in [0.5, 0.6) is 0 Å². The zero-order valence-corrected chi connectivity index (χ0v) is 13.5. The lowest BCUT2D eigenvalue weighted by Gasteiger charge is -2.24. The summed E-state index contributed by atoms with van der Waals surface area (Å²) in [7, 11) is 1.39. The van der Waals surface area contributed by atoms with Crippen LogP contribution in [0.1, 0.15) is 37.6 Å². The molecule has 2 rings (SSSR count). The fourth-order valence-corrected chi connectivity index (χ4v) is 3.51. The minimum Gasteiger partial charge on any atom is -0.469 e. The van der Waals surface area contributed by atoms with Gasteiger partial charge >= 0.3 is 12.0 Å². The van der Waals surface area contributed by atoms with Crippen LogP contribution in [0, 0.1) is 5.41 Å². The maximum Gasteiger partial charge on any atom is 0.317 e. The number of urea groups is 1. The summed E-state index contributed by atoms with van der Waals surface area (Å²) in [5.41, 5.74) is -0.587. The topological polar surface area (TPSA) is 58.6 Å². The maximum absolute atomic E-state index is 12.4. The van der Waals surface area contributed by atoms with E-state index in [1.54, 1.807) is 16.2 Å². The molecule has 2 amide bonds. The van der Waals surface area contributed by atoms with Gasteiger partial charge in [0, 0.05) is 18.0 Å². The average Bonchev–Trinajstić information content (AvgIpc) is 3.14. The van der Waals surface area contributed by atoms with Gasteiger partial charge in [0.2, 0.25) is 0 Å². The Hall–Kier alpha value is -1.56. The zero-order valence-electron chi connectivity index (χ0n) is 12.7. The van der Waals surface area contributed by atoms with Crippen LogP contribution < -0.4 is 5.32 Å². The molecular weight excluding hydrogens is 288 g/mol. The van der Waals surface area contributed by atoms with Gasteiger partial charge in [-0.15, -0.1) is 11.3 Å². The van der Waals surface area contributed by atoms with Crippen LogP contribution in [-0.2, 0) is 9.53 Å². The summed E-state index contributed by atoms with van der Waals surface area (Å²) in [6, 6.07) is 3.94. The zero-order chi connectivity index (χ0) is 15.5. The number of rotatable bonds is 4. The van der Waals surface area contributed by atoms with E-state index in [2.05, 4.69) is 5.32 Å². The first-order chi connectivity index (χ1) is 10.00. The molecule has 1 aliphatic rings. The Balaban J connectivity index is 1.97. The van der Waals surface area contributed by atoms with E-state index in [1.165, 1.54) is 7.11 Å². The summed E-state index contributed by atoms with van der Waals surface area (Å²) in [6.07, 6.45) is 1.48. The van der Waals surface area contributed by atoms with Crippen molar-refractivity contribution in [2.45, 2.75) is 32.7 Å². The average molecular weight is 310 g/mol. The maximum atomic E-state index is 12.4. The van der Waals surface area contributed by atoms with Crippen LogP contribution in [-0.4, -0.2) is 37.1 Å². The molecule has 116 valence electrons. The van der Waals surface area contributed by atoms with E-state index in [-0.39, 0.29) is 18.0 Å². The molecule has 2 atom stereocenters. The number of ether oxygens (including phenoxy) is 1. The Morgan fingerprint density at radius 2 is 2.33 bits per heavy atom. The number of likely N-dealkylation sites (tertiary alicyclic amines) is 1. The van der Waals surface area contributed by atoms with Gasteiger partial charge in [0.05, 0.1) is 18.6 Å². The van der Waals surface area contributed by atoms with Crippen molar-refractivity contribution in [3.63, 3.8) is 0 Å². The van der Waals surface area contributed by atoms with Crippen molar-refractivity contribution in [2.75, 3.05) is 20.2 Å². The largest absolute Gasteiger partial charge is 0.469 e. The van der Waals surface area contributed by atoms with Crippen LogP contribution in [0.25, 0.3) is 0 Å². The second-order valence-corrected chi connectivity index (χ2v) is 6.63. The van der Waals surface area contributed by atoms with Gasteiger partial charge in [0.1, 0.15) is 0 Å². The Labute approximate surface area is 129 Å². The summed E-state index contributed by atoms with van der Waals surface area (Å²) >= 11 is 1.64. The molecule has 0 unspecified atom stereocenters. The van der Waals surface area contributed by atoms with Crippen molar-refractivity contribution >= 4 is 23.3 Å². The number of methoxy groups -OCH3 is 1. The molecule has 0 bridgehead atoms. The summed E-state index contributed by atoms with van der Waals surface area (Å²) in [5.74, 6) is -0.247. The quantitative estimate of drug-likeness (QED) is 0.870. The molecular formula is C15H22N2O3S. The van der Waals surface area contributed by atoms with Gasteiger partial charge in [-0.25, -0.2) is 4.79 Å². The Morgan fingerprint density at radius 3 is 2.90 bits per heavy atom. The molecule has 1 N–H and O–H groups in total. The molecule has 0 saturated carbocycles. The number of carbonyl (C=O) groups is 2. The number of hydrogen-bond donors (Lipinski definition) is 1. The molecule has 0 aromatic carbocycles. The van der Waals surface area contributed by atoms with Gasteiger partial charge in [-0.05, 0) is 31.2 Å². The molecule has 0 radical (unpaired) electrons. The van der Waals surface area contributed by atoms with Gasteiger partial charge in [-0.1, -0.05) is 13.0 Å². The van der Waals surface area contributed by atoms with Crippen molar-refractivity contribution < 1.29 is 14.3 Å². The first kappa shape index (κ1) is 15.8. The van der Waals surface area contributed by atoms with Crippen LogP contribution in [0.3, 0.4) is 0 Å². The minimum absolute atomic E-state index is 0.0301. The summed E-state index contributed by atoms with van der Waals surface area (Å²) in [6.45, 7) is 4.89. The molecule has 5 nitrogen and oxygen atoms in total. The van der Waals surface area contributed by atoms with Gasteiger partial charge in [0.25, 0.3) is 0 Å². The standard InChI is InChI=1S/C15H22N2O3S/c1-4-11(12-6-5-9-21-12)16-14(19)17-8-7-15(2,10-17)13(18)20-3/h5-6,9,11H,4,7-8,10H2,1-3H3,(H,16,19)/t11-,15-/m1/s1. The molecule has 1 saturated heterocycles. The van der Waals surface area contributed by atoms with E-state index in [0.717, 1.165) is 11.3 Å². The number of thiophene rings is 1. The lowest BCUT2D eigenvalue weighted by atomic mass is 9.90. The number of nitrogens with zero attached hydrogens (tertiary/aromatic N) is 1. The summed E-state index contributed by atoms with van der Waals surface area (Å²) in [5, 5.41) is 5.06. The highest BCUT2D eigenvalue weighted by Gasteiger charge is 2.43. The monoisotopic (exact) mass is 310 g/mol. The van der Waals surface area contributed by atoms with Crippen molar-refractivity contribution in [1.29, 1.82) is 0 Å². The number of esters is 1. The summed E-state index contributed by atoms with van der Waals surface area (Å²) in [4.78, 5) is 27.0. The third kappa shape index (κ3) is 3.37. The fourth-order valence-electron chi connectivity index (χ4n) is 2.65. The smallest absolute Gasteiger partial charge is 0.317 e. The van der Waals surface area contributed by atoms with Crippen molar-refractivity contribution in [1.82, 2.24) is 10.2 Å². The van der Waals surface area contributed by atoms with E-state index in [0.29, 0.717) is 19.5 Å². The van der Waals surface area contributed by atoms with Crippen LogP contribution in [0.15, 0.2) is 17.5 Å². The normalized spacial score (nSPS) is 22.9. The van der Waals surface area contributed by atoms with E-state index >= 15 is 0 Å². The van der Waals surface area contributed by atoms with E-state index in [9.17, 15) is 9.59 Å². The lowest BCUT2D eigenvalue weighted by molar-refractivity contribution is -0.150. The fraction of sp³-hybridized carbons (Fsp3) is 0.600. The van der Waals surface area contributed by atoms with Crippen LogP contribution in [0.2, 0.25) is 0 Å². The van der Waals surface area contributed by atoms with E-state index in [4.69, 9.17) is 4.74 Å². The Kier molecular flexibility index (Phi) is 4.88. The third-order valence-electron chi connectivity index (χ3n) is 4.03. The molecule has 2 heterocycles. The second kappa shape index (κ2) is 6.47. The lowest BCUT2D eigenvalue weighted by Crippen LogP contribution is -2.42. The molecule has 6 heteroatoms. The number of carbonyl (C=O) groups excluding carboxylic acids is 2. The SMILES string of the molecule is CC[C@@H](NC(=O)N1CC[C@@](C)(C(=O)OC)C1)c1cccs1. The number of hydrogen-bond acceptors (Lipinski definition) is 4. The molecule has 1 aliphatic heterocycles. The van der Waals surface area contributed by atoms with Gasteiger partial charge in [-0.3, -0.25) is 4.79 Å². The van der Waals surface area contributed by atoms with Gasteiger partial charge < -0.3 is 15.0 Å². The van der Waals surface area contributed by atoms with Crippen molar-refractivity contribution in [2.24, 2.45) is 5.41 Å². The molecule has 21 heavy (non-hydrogen) atoms. The van der Waals surface area contributed by atoms with Crippen molar-refractivity contribution in [3.8, 4) is 0 Å². The van der Waals surface area contributed by atoms with Gasteiger partial charge in [0.15, 0.2) is 0 Å². The van der Waals surface area contributed by atoms with Gasteiger partial charge in [-0.2, -0.15) is 0 Å². The summed E-state index contributed by atoms with van der Waals surface area (Å²) < 4.78 is 4.83. The molecule has 1 aromatic heterocycles. The first-order valence-electron chi connectivity index (χ1n) is 7.17. The third-order valence-corrected chi connectivity index (χ3v) is 5.02. The Bertz CT molecular complexity index is 503. The molecule has 0 spiro atoms. The van der Waals surface area contributed by atoms with E-state index < -0.39 is 5.41 Å². The number of amides is 2. The molecule has 1 fully saturated rings. The van der Waals surface area contributed by atoms with Crippen LogP contribution >= 0.6 is 11.3 Å². The highest BCUT2D eigenvalue weighted by atomic mass is 32.1. The number of nitrogens with one attached hydrogen (secondary N) is 1. The Morgan fingerprint density at radius 1 is 1.57 bits per heavy atom. The minimum atomic E-state index is -0.587.